The average molecular weight is 247 g/mol. The van der Waals surface area contributed by atoms with Crippen molar-refractivity contribution in [2.45, 2.75) is 39.5 Å². The van der Waals surface area contributed by atoms with E-state index in [0.29, 0.717) is 11.7 Å². The zero-order chi connectivity index (χ0) is 9.84. The monoisotopic (exact) mass is 246 g/mol. The molecule has 0 aromatic carbocycles. The highest BCUT2D eigenvalue weighted by Crippen LogP contribution is 2.43. The molecule has 0 aliphatic heterocycles. The Hall–Kier alpha value is 0.150. The van der Waals surface area contributed by atoms with Crippen LogP contribution in [0.1, 0.15) is 39.5 Å². The third kappa shape index (κ3) is 3.80. The van der Waals surface area contributed by atoms with Crippen LogP contribution < -0.4 is 0 Å². The first-order valence-corrected chi connectivity index (χ1v) is 6.33. The summed E-state index contributed by atoms with van der Waals surface area (Å²) in [5.74, 6) is 2.35. The van der Waals surface area contributed by atoms with Gasteiger partial charge in [-0.3, -0.25) is 4.79 Å². The maximum absolute atomic E-state index is 11.0. The largest absolute Gasteiger partial charge is 0.300 e. The van der Waals surface area contributed by atoms with Crippen molar-refractivity contribution in [2.75, 3.05) is 5.33 Å². The summed E-state index contributed by atoms with van der Waals surface area (Å²) in [5.41, 5.74) is 0. The smallest absolute Gasteiger partial charge is 0.133 e. The number of carbonyl (C=O) groups is 1. The van der Waals surface area contributed by atoms with Crippen LogP contribution in [0.25, 0.3) is 0 Å². The van der Waals surface area contributed by atoms with E-state index in [0.717, 1.165) is 23.6 Å². The van der Waals surface area contributed by atoms with Crippen LogP contribution in [0.4, 0.5) is 0 Å². The van der Waals surface area contributed by atoms with Gasteiger partial charge in [-0.25, -0.2) is 0 Å². The van der Waals surface area contributed by atoms with E-state index in [1.54, 1.807) is 6.92 Å². The molecule has 13 heavy (non-hydrogen) atoms. The lowest BCUT2D eigenvalue weighted by atomic mass is 10.0. The first-order valence-electron chi connectivity index (χ1n) is 5.21. The Balaban J connectivity index is 2.00. The van der Waals surface area contributed by atoms with E-state index in [9.17, 15) is 4.79 Å². The van der Waals surface area contributed by atoms with Crippen LogP contribution in [0.3, 0.4) is 0 Å². The van der Waals surface area contributed by atoms with Gasteiger partial charge in [-0.2, -0.15) is 0 Å². The molecule has 1 unspecified atom stereocenters. The Morgan fingerprint density at radius 2 is 2.31 bits per heavy atom. The Morgan fingerprint density at radius 1 is 1.62 bits per heavy atom. The Morgan fingerprint density at radius 3 is 2.77 bits per heavy atom. The molecule has 3 atom stereocenters. The third-order valence-electron chi connectivity index (χ3n) is 2.98. The van der Waals surface area contributed by atoms with Crippen LogP contribution in [-0.4, -0.2) is 11.1 Å². The highest BCUT2D eigenvalue weighted by Gasteiger charge is 2.39. The molecule has 0 N–H and O–H groups in total. The predicted molar refractivity (Wildman–Crippen MR) is 59.1 cm³/mol. The van der Waals surface area contributed by atoms with Gasteiger partial charge in [0.1, 0.15) is 5.78 Å². The van der Waals surface area contributed by atoms with Crippen molar-refractivity contribution in [3.05, 3.63) is 0 Å². The molecule has 0 saturated heterocycles. The topological polar surface area (TPSA) is 17.1 Å². The second-order valence-electron chi connectivity index (χ2n) is 4.40. The summed E-state index contributed by atoms with van der Waals surface area (Å²) >= 11 is 3.48. The van der Waals surface area contributed by atoms with E-state index in [-0.39, 0.29) is 0 Å². The lowest BCUT2D eigenvalue weighted by Crippen LogP contribution is -1.98. The Labute approximate surface area is 89.4 Å². The molecule has 0 aromatic rings. The van der Waals surface area contributed by atoms with Gasteiger partial charge in [0.25, 0.3) is 0 Å². The molecule has 1 fully saturated rings. The highest BCUT2D eigenvalue weighted by molar-refractivity contribution is 9.09. The lowest BCUT2D eigenvalue weighted by Gasteiger charge is -2.05. The van der Waals surface area contributed by atoms with E-state index in [4.69, 9.17) is 0 Å². The minimum Gasteiger partial charge on any atom is -0.300 e. The summed E-state index contributed by atoms with van der Waals surface area (Å²) in [5, 5.41) is 1.10. The molecular formula is C11H19BrO. The van der Waals surface area contributed by atoms with Crippen LogP contribution in [0.15, 0.2) is 0 Å². The molecular weight excluding hydrogens is 228 g/mol. The minimum absolute atomic E-state index is 0.401. The number of rotatable bonds is 6. The van der Waals surface area contributed by atoms with E-state index in [1.807, 2.05) is 0 Å². The number of halogens is 1. The molecule has 76 valence electrons. The van der Waals surface area contributed by atoms with Gasteiger partial charge in [0, 0.05) is 11.2 Å². The zero-order valence-electron chi connectivity index (χ0n) is 8.55. The fraction of sp³-hybridized carbons (Fsp3) is 0.909. The number of hydrogen-bond donors (Lipinski definition) is 0. The fourth-order valence-electron chi connectivity index (χ4n) is 1.87. The maximum Gasteiger partial charge on any atom is 0.133 e. The Bertz CT molecular complexity index is 179. The normalized spacial score (nSPS) is 28.5. The van der Waals surface area contributed by atoms with Crippen molar-refractivity contribution in [2.24, 2.45) is 17.8 Å². The van der Waals surface area contributed by atoms with Gasteiger partial charge in [0.2, 0.25) is 0 Å². The summed E-state index contributed by atoms with van der Waals surface area (Å²) < 4.78 is 0. The van der Waals surface area contributed by atoms with Gasteiger partial charge >= 0.3 is 0 Å². The number of ketones is 1. The molecule has 2 heteroatoms. The predicted octanol–water partition coefficient (Wildman–Crippen LogP) is 3.41. The van der Waals surface area contributed by atoms with Gasteiger partial charge in [0.15, 0.2) is 0 Å². The number of alkyl halides is 1. The first-order chi connectivity index (χ1) is 6.15. The Kier molecular flexibility index (Phi) is 4.43. The molecule has 0 bridgehead atoms. The highest BCUT2D eigenvalue weighted by atomic mass is 79.9. The second kappa shape index (κ2) is 5.14. The molecule has 1 aliphatic carbocycles. The van der Waals surface area contributed by atoms with E-state index < -0.39 is 0 Å². The van der Waals surface area contributed by atoms with Gasteiger partial charge in [-0.15, -0.1) is 0 Å². The van der Waals surface area contributed by atoms with E-state index >= 15 is 0 Å². The summed E-state index contributed by atoms with van der Waals surface area (Å²) in [4.78, 5) is 11.0. The summed E-state index contributed by atoms with van der Waals surface area (Å²) in [6.07, 6.45) is 5.02. The number of Topliss-reactive ketones (excluding diaryl/α,β-unsaturated/α-hetero) is 1. The van der Waals surface area contributed by atoms with Gasteiger partial charge in [-0.1, -0.05) is 29.3 Å². The summed E-state index contributed by atoms with van der Waals surface area (Å²) in [6, 6.07) is 0. The van der Waals surface area contributed by atoms with Crippen molar-refractivity contribution in [3.8, 4) is 0 Å². The zero-order valence-corrected chi connectivity index (χ0v) is 10.1. The standard InChI is InChI=1S/C11H19BrO/c1-8(7-12)4-3-5-10-6-11(10)9(2)13/h8,10-11H,3-7H2,1-2H3/t8?,10-,11+/m1/s1. The molecule has 0 spiro atoms. The van der Waals surface area contributed by atoms with Gasteiger partial charge < -0.3 is 0 Å². The molecule has 0 radical (unpaired) electrons. The average Bonchev–Trinajstić information content (AvgIpc) is 2.83. The van der Waals surface area contributed by atoms with Crippen LogP contribution in [0.5, 0.6) is 0 Å². The summed E-state index contributed by atoms with van der Waals surface area (Å²) in [7, 11) is 0. The maximum atomic E-state index is 11.0. The molecule has 1 nitrogen and oxygen atoms in total. The lowest BCUT2D eigenvalue weighted by molar-refractivity contribution is -0.118. The minimum atomic E-state index is 0.401. The van der Waals surface area contributed by atoms with Crippen molar-refractivity contribution in [1.82, 2.24) is 0 Å². The third-order valence-corrected chi connectivity index (χ3v) is 4.09. The molecule has 0 aromatic heterocycles. The molecule has 0 amide bonds. The second-order valence-corrected chi connectivity index (χ2v) is 5.05. The van der Waals surface area contributed by atoms with Crippen LogP contribution >= 0.6 is 15.9 Å². The number of carbonyl (C=O) groups excluding carboxylic acids is 1. The van der Waals surface area contributed by atoms with Crippen molar-refractivity contribution in [3.63, 3.8) is 0 Å². The van der Waals surface area contributed by atoms with Gasteiger partial charge in [0.05, 0.1) is 0 Å². The van der Waals surface area contributed by atoms with Crippen molar-refractivity contribution >= 4 is 21.7 Å². The summed E-state index contributed by atoms with van der Waals surface area (Å²) in [6.45, 7) is 4.00. The van der Waals surface area contributed by atoms with Crippen LogP contribution in [0.2, 0.25) is 0 Å². The quantitative estimate of drug-likeness (QED) is 0.657. The van der Waals surface area contributed by atoms with E-state index in [2.05, 4.69) is 22.9 Å². The molecule has 0 heterocycles. The van der Waals surface area contributed by atoms with Crippen LogP contribution in [-0.2, 0) is 4.79 Å². The van der Waals surface area contributed by atoms with Crippen molar-refractivity contribution in [1.29, 1.82) is 0 Å². The fourth-order valence-corrected chi connectivity index (χ4v) is 2.19. The molecule has 1 saturated carbocycles. The van der Waals surface area contributed by atoms with Crippen molar-refractivity contribution < 1.29 is 4.79 Å². The van der Waals surface area contributed by atoms with Gasteiger partial charge in [-0.05, 0) is 38.0 Å². The number of hydrogen-bond acceptors (Lipinski definition) is 1. The first kappa shape index (κ1) is 11.2. The SMILES string of the molecule is CC(=O)[C@@H]1C[C@H]1CCCC(C)CBr. The molecule has 1 aliphatic rings. The van der Waals surface area contributed by atoms with Crippen LogP contribution in [0, 0.1) is 17.8 Å². The van der Waals surface area contributed by atoms with E-state index in [1.165, 1.54) is 19.3 Å². The molecule has 1 rings (SSSR count).